The summed E-state index contributed by atoms with van der Waals surface area (Å²) in [6.45, 7) is 2.69. The first-order valence-electron chi connectivity index (χ1n) is 6.91. The van der Waals surface area contributed by atoms with Crippen LogP contribution in [0.25, 0.3) is 11.4 Å². The molecule has 114 valence electrons. The van der Waals surface area contributed by atoms with E-state index >= 15 is 0 Å². The van der Waals surface area contributed by atoms with E-state index in [0.717, 1.165) is 5.56 Å². The van der Waals surface area contributed by atoms with Crippen molar-refractivity contribution < 1.29 is 9.53 Å². The number of aromatic nitrogens is 3. The summed E-state index contributed by atoms with van der Waals surface area (Å²) in [5, 5.41) is 0. The Kier molecular flexibility index (Phi) is 4.22. The van der Waals surface area contributed by atoms with Crippen molar-refractivity contribution in [2.24, 2.45) is 5.84 Å². The Morgan fingerprint density at radius 1 is 1.32 bits per heavy atom. The number of nitrogens with two attached hydrogens (primary N) is 1. The second-order valence-electron chi connectivity index (χ2n) is 4.75. The zero-order chi connectivity index (χ0) is 15.4. The van der Waals surface area contributed by atoms with Gasteiger partial charge in [0.1, 0.15) is 11.5 Å². The number of anilines is 1. The van der Waals surface area contributed by atoms with Gasteiger partial charge in [-0.15, -0.1) is 0 Å². The molecule has 0 spiro atoms. The molecule has 0 unspecified atom stereocenters. The number of ether oxygens (including phenoxy) is 1. The molecular weight excluding hydrogens is 284 g/mol. The third-order valence-corrected chi connectivity index (χ3v) is 3.33. The van der Waals surface area contributed by atoms with Crippen LogP contribution < -0.4 is 16.2 Å². The Morgan fingerprint density at radius 2 is 2.14 bits per heavy atom. The van der Waals surface area contributed by atoms with E-state index in [1.165, 1.54) is 0 Å². The van der Waals surface area contributed by atoms with Crippen molar-refractivity contribution in [3.05, 3.63) is 36.3 Å². The number of nitrogen functional groups attached to an aromatic ring is 1. The summed E-state index contributed by atoms with van der Waals surface area (Å²) in [4.78, 5) is 26.8. The van der Waals surface area contributed by atoms with Gasteiger partial charge in [0.2, 0.25) is 0 Å². The molecule has 3 rings (SSSR count). The number of hydrogen-bond acceptors (Lipinski definition) is 7. The predicted molar refractivity (Wildman–Crippen MR) is 79.9 cm³/mol. The van der Waals surface area contributed by atoms with Crippen LogP contribution in [0.15, 0.2) is 30.6 Å². The van der Waals surface area contributed by atoms with Crippen LogP contribution in [0.4, 0.5) is 5.82 Å². The van der Waals surface area contributed by atoms with Gasteiger partial charge in [0.25, 0.3) is 5.91 Å². The first kappa shape index (κ1) is 14.4. The Balaban J connectivity index is 2.03. The molecule has 8 nitrogen and oxygen atoms in total. The third-order valence-electron chi connectivity index (χ3n) is 3.33. The van der Waals surface area contributed by atoms with Gasteiger partial charge in [-0.3, -0.25) is 15.2 Å². The molecule has 0 aliphatic carbocycles. The van der Waals surface area contributed by atoms with Gasteiger partial charge in [-0.1, -0.05) is 0 Å². The van der Waals surface area contributed by atoms with Gasteiger partial charge in [0.15, 0.2) is 5.82 Å². The molecular formula is C14H16N6O2. The summed E-state index contributed by atoms with van der Waals surface area (Å²) in [6.07, 6.45) is 3.32. The lowest BCUT2D eigenvalue weighted by Gasteiger charge is -2.28. The Hall–Kier alpha value is -2.58. The minimum absolute atomic E-state index is 0.220. The van der Waals surface area contributed by atoms with Crippen molar-refractivity contribution in [3.63, 3.8) is 0 Å². The van der Waals surface area contributed by atoms with Gasteiger partial charge in [-0.05, 0) is 12.1 Å². The Bertz CT molecular complexity index is 658. The van der Waals surface area contributed by atoms with E-state index in [4.69, 9.17) is 10.6 Å². The maximum Gasteiger partial charge on any atom is 0.283 e. The maximum absolute atomic E-state index is 11.8. The minimum Gasteiger partial charge on any atom is -0.378 e. The van der Waals surface area contributed by atoms with E-state index in [-0.39, 0.29) is 5.69 Å². The van der Waals surface area contributed by atoms with Gasteiger partial charge in [0.05, 0.1) is 13.2 Å². The predicted octanol–water partition coefficient (Wildman–Crippen LogP) is -0.0213. The molecule has 1 amide bonds. The molecule has 0 bridgehead atoms. The molecule has 1 aliphatic heterocycles. The van der Waals surface area contributed by atoms with Crippen molar-refractivity contribution in [1.29, 1.82) is 0 Å². The van der Waals surface area contributed by atoms with E-state index in [0.29, 0.717) is 37.9 Å². The highest BCUT2D eigenvalue weighted by Gasteiger charge is 2.18. The molecule has 3 N–H and O–H groups in total. The lowest BCUT2D eigenvalue weighted by atomic mass is 10.2. The number of carbonyl (C=O) groups is 1. The number of rotatable bonds is 3. The fourth-order valence-corrected chi connectivity index (χ4v) is 2.20. The molecule has 1 aliphatic rings. The highest BCUT2D eigenvalue weighted by molar-refractivity contribution is 5.93. The number of amides is 1. The molecule has 8 heteroatoms. The summed E-state index contributed by atoms with van der Waals surface area (Å²) in [6, 6.07) is 5.27. The monoisotopic (exact) mass is 300 g/mol. The second kappa shape index (κ2) is 6.46. The third kappa shape index (κ3) is 3.02. The molecule has 0 atom stereocenters. The van der Waals surface area contributed by atoms with Crippen molar-refractivity contribution in [3.8, 4) is 11.4 Å². The quantitative estimate of drug-likeness (QED) is 0.466. The summed E-state index contributed by atoms with van der Waals surface area (Å²) in [7, 11) is 0. The lowest BCUT2D eigenvalue weighted by molar-refractivity contribution is 0.0948. The SMILES string of the molecule is NNC(=O)c1cc(N2CCOCC2)nc(-c2cccnc2)n1. The standard InChI is InChI=1S/C14H16N6O2/c15-19-14(21)11-8-12(20-4-6-22-7-5-20)18-13(17-11)10-2-1-3-16-9-10/h1-3,8-9H,4-7,15H2,(H,19,21). The molecule has 2 aromatic rings. The highest BCUT2D eigenvalue weighted by Crippen LogP contribution is 2.20. The van der Waals surface area contributed by atoms with E-state index in [1.807, 2.05) is 6.07 Å². The molecule has 1 fully saturated rings. The van der Waals surface area contributed by atoms with Gasteiger partial charge in [-0.25, -0.2) is 15.8 Å². The molecule has 0 aromatic carbocycles. The fraction of sp³-hybridized carbons (Fsp3) is 0.286. The lowest BCUT2D eigenvalue weighted by Crippen LogP contribution is -2.37. The average Bonchev–Trinajstić information content (AvgIpc) is 2.62. The summed E-state index contributed by atoms with van der Waals surface area (Å²) < 4.78 is 5.34. The van der Waals surface area contributed by atoms with Crippen LogP contribution >= 0.6 is 0 Å². The maximum atomic E-state index is 11.8. The number of pyridine rings is 1. The molecule has 22 heavy (non-hydrogen) atoms. The van der Waals surface area contributed by atoms with Crippen LogP contribution in [0.3, 0.4) is 0 Å². The topological polar surface area (TPSA) is 106 Å². The number of nitrogens with zero attached hydrogens (tertiary/aromatic N) is 4. The molecule has 0 saturated carbocycles. The Morgan fingerprint density at radius 3 is 2.82 bits per heavy atom. The summed E-state index contributed by atoms with van der Waals surface area (Å²) in [5.41, 5.74) is 3.06. The minimum atomic E-state index is -0.456. The number of hydrazine groups is 1. The van der Waals surface area contributed by atoms with Gasteiger partial charge >= 0.3 is 0 Å². The van der Waals surface area contributed by atoms with E-state index in [1.54, 1.807) is 24.5 Å². The summed E-state index contributed by atoms with van der Waals surface area (Å²) >= 11 is 0. The van der Waals surface area contributed by atoms with Crippen LogP contribution in [0.1, 0.15) is 10.5 Å². The van der Waals surface area contributed by atoms with Crippen LogP contribution in [-0.2, 0) is 4.74 Å². The van der Waals surface area contributed by atoms with Crippen LogP contribution in [0.5, 0.6) is 0 Å². The fourth-order valence-electron chi connectivity index (χ4n) is 2.20. The molecule has 3 heterocycles. The second-order valence-corrected chi connectivity index (χ2v) is 4.75. The van der Waals surface area contributed by atoms with Crippen LogP contribution in [-0.4, -0.2) is 47.2 Å². The zero-order valence-electron chi connectivity index (χ0n) is 11.9. The first-order chi connectivity index (χ1) is 10.8. The van der Waals surface area contributed by atoms with Crippen molar-refractivity contribution >= 4 is 11.7 Å². The molecule has 1 saturated heterocycles. The van der Waals surface area contributed by atoms with E-state index < -0.39 is 5.91 Å². The van der Waals surface area contributed by atoms with E-state index in [9.17, 15) is 4.79 Å². The number of nitrogens with one attached hydrogen (secondary N) is 1. The van der Waals surface area contributed by atoms with Gasteiger partial charge in [0, 0.05) is 37.1 Å². The van der Waals surface area contributed by atoms with Crippen molar-refractivity contribution in [2.75, 3.05) is 31.2 Å². The van der Waals surface area contributed by atoms with Gasteiger partial charge < -0.3 is 9.64 Å². The first-order valence-corrected chi connectivity index (χ1v) is 6.91. The normalized spacial score (nSPS) is 14.7. The summed E-state index contributed by atoms with van der Waals surface area (Å²) in [5.74, 6) is 5.88. The smallest absolute Gasteiger partial charge is 0.283 e. The molecule has 0 radical (unpaired) electrons. The van der Waals surface area contributed by atoms with Crippen molar-refractivity contribution in [1.82, 2.24) is 20.4 Å². The average molecular weight is 300 g/mol. The zero-order valence-corrected chi connectivity index (χ0v) is 11.9. The van der Waals surface area contributed by atoms with Crippen LogP contribution in [0, 0.1) is 0 Å². The van der Waals surface area contributed by atoms with Crippen molar-refractivity contribution in [2.45, 2.75) is 0 Å². The number of carbonyl (C=O) groups excluding carboxylic acids is 1. The van der Waals surface area contributed by atoms with E-state index in [2.05, 4.69) is 25.3 Å². The molecule has 2 aromatic heterocycles. The largest absolute Gasteiger partial charge is 0.378 e. The Labute approximate surface area is 127 Å². The highest BCUT2D eigenvalue weighted by atomic mass is 16.5. The van der Waals surface area contributed by atoms with Crippen LogP contribution in [0.2, 0.25) is 0 Å². The number of hydrogen-bond donors (Lipinski definition) is 2. The van der Waals surface area contributed by atoms with Gasteiger partial charge in [-0.2, -0.15) is 0 Å². The number of morpholine rings is 1.